The van der Waals surface area contributed by atoms with Gasteiger partial charge in [0.2, 0.25) is 0 Å². The molecule has 0 aromatic heterocycles. The van der Waals surface area contributed by atoms with Crippen LogP contribution in [0.5, 0.6) is 0 Å². The van der Waals surface area contributed by atoms with Crippen LogP contribution >= 0.6 is 11.6 Å². The van der Waals surface area contributed by atoms with Crippen molar-refractivity contribution in [3.63, 3.8) is 0 Å². The van der Waals surface area contributed by atoms with E-state index < -0.39 is 0 Å². The second kappa shape index (κ2) is 6.98. The van der Waals surface area contributed by atoms with Crippen molar-refractivity contribution in [2.24, 2.45) is 0 Å². The highest BCUT2D eigenvalue weighted by Gasteiger charge is 2.28. The smallest absolute Gasteiger partial charge is 0.254 e. The Labute approximate surface area is 126 Å². The van der Waals surface area contributed by atoms with Gasteiger partial charge in [-0.1, -0.05) is 0 Å². The molecule has 0 bridgehead atoms. The fourth-order valence-corrected chi connectivity index (χ4v) is 2.94. The Morgan fingerprint density at radius 3 is 2.65 bits per heavy atom. The van der Waals surface area contributed by atoms with Crippen molar-refractivity contribution in [2.75, 3.05) is 31.4 Å². The number of carbonyl (C=O) groups is 1. The third kappa shape index (κ3) is 3.45. The van der Waals surface area contributed by atoms with Gasteiger partial charge >= 0.3 is 0 Å². The van der Waals surface area contributed by atoms with Crippen LogP contribution in [0, 0.1) is 0 Å². The minimum atomic E-state index is 0.160. The summed E-state index contributed by atoms with van der Waals surface area (Å²) in [6.07, 6.45) is 4.22. The average molecular weight is 295 g/mol. The molecule has 1 aromatic carbocycles. The molecule has 1 atom stereocenters. The van der Waals surface area contributed by atoms with Crippen molar-refractivity contribution < 1.29 is 4.79 Å². The molecule has 3 nitrogen and oxygen atoms in total. The molecule has 0 spiro atoms. The number of rotatable bonds is 5. The molecule has 1 aliphatic heterocycles. The molecule has 1 heterocycles. The van der Waals surface area contributed by atoms with Crippen LogP contribution in [0.15, 0.2) is 24.3 Å². The number of nitrogens with zero attached hydrogens (tertiary/aromatic N) is 2. The Bertz CT molecular complexity index is 444. The largest absolute Gasteiger partial charge is 0.378 e. The van der Waals surface area contributed by atoms with E-state index in [1.165, 1.54) is 0 Å². The lowest BCUT2D eigenvalue weighted by Gasteiger charge is -2.25. The first-order chi connectivity index (χ1) is 9.63. The fourth-order valence-electron chi connectivity index (χ4n) is 2.78. The maximum atomic E-state index is 12.6. The van der Waals surface area contributed by atoms with Crippen LogP contribution in [-0.2, 0) is 0 Å². The monoisotopic (exact) mass is 294 g/mol. The number of halogens is 1. The summed E-state index contributed by atoms with van der Waals surface area (Å²) in [6.45, 7) is 0.876. The molecule has 1 aromatic rings. The van der Waals surface area contributed by atoms with E-state index in [4.69, 9.17) is 11.6 Å². The topological polar surface area (TPSA) is 23.6 Å². The van der Waals surface area contributed by atoms with Crippen molar-refractivity contribution in [1.29, 1.82) is 0 Å². The van der Waals surface area contributed by atoms with E-state index in [0.717, 1.165) is 43.5 Å². The second-order valence-corrected chi connectivity index (χ2v) is 5.95. The van der Waals surface area contributed by atoms with Gasteiger partial charge < -0.3 is 9.80 Å². The zero-order valence-electron chi connectivity index (χ0n) is 12.3. The molecule has 0 N–H and O–H groups in total. The highest BCUT2D eigenvalue weighted by molar-refractivity contribution is 6.17. The Hall–Kier alpha value is -1.22. The molecular formula is C16H23ClN2O. The van der Waals surface area contributed by atoms with Gasteiger partial charge in [0.25, 0.3) is 5.91 Å². The van der Waals surface area contributed by atoms with Gasteiger partial charge in [0, 0.05) is 43.8 Å². The predicted octanol–water partition coefficient (Wildman–Crippen LogP) is 3.38. The Morgan fingerprint density at radius 1 is 1.35 bits per heavy atom. The first-order valence-electron chi connectivity index (χ1n) is 7.28. The van der Waals surface area contributed by atoms with Crippen LogP contribution in [0.3, 0.4) is 0 Å². The number of alkyl halides is 1. The summed E-state index contributed by atoms with van der Waals surface area (Å²) >= 11 is 5.76. The maximum Gasteiger partial charge on any atom is 0.254 e. The molecule has 0 aliphatic carbocycles. The van der Waals surface area contributed by atoms with Gasteiger partial charge in [0.15, 0.2) is 0 Å². The van der Waals surface area contributed by atoms with Crippen molar-refractivity contribution in [3.8, 4) is 0 Å². The van der Waals surface area contributed by atoms with Gasteiger partial charge in [-0.3, -0.25) is 4.79 Å². The molecule has 2 rings (SSSR count). The van der Waals surface area contributed by atoms with E-state index in [0.29, 0.717) is 11.9 Å². The quantitative estimate of drug-likeness (QED) is 0.777. The molecule has 1 unspecified atom stereocenters. The molecule has 1 saturated heterocycles. The summed E-state index contributed by atoms with van der Waals surface area (Å²) in [7, 11) is 4.00. The molecule has 110 valence electrons. The molecule has 1 amide bonds. The lowest BCUT2D eigenvalue weighted by Crippen LogP contribution is -2.35. The summed E-state index contributed by atoms with van der Waals surface area (Å²) in [5.74, 6) is 0.836. The van der Waals surface area contributed by atoms with Gasteiger partial charge in [-0.25, -0.2) is 0 Å². The highest BCUT2D eigenvalue weighted by Crippen LogP contribution is 2.24. The Kier molecular flexibility index (Phi) is 5.30. The van der Waals surface area contributed by atoms with E-state index in [9.17, 15) is 4.79 Å². The maximum absolute atomic E-state index is 12.6. The summed E-state index contributed by atoms with van der Waals surface area (Å²) < 4.78 is 0. The van der Waals surface area contributed by atoms with Crippen LogP contribution in [0.1, 0.15) is 36.0 Å². The van der Waals surface area contributed by atoms with E-state index >= 15 is 0 Å². The van der Waals surface area contributed by atoms with E-state index in [1.54, 1.807) is 0 Å². The van der Waals surface area contributed by atoms with Gasteiger partial charge in [-0.2, -0.15) is 0 Å². The van der Waals surface area contributed by atoms with Crippen LogP contribution in [-0.4, -0.2) is 43.4 Å². The number of hydrogen-bond acceptors (Lipinski definition) is 2. The first-order valence-corrected chi connectivity index (χ1v) is 7.81. The molecule has 20 heavy (non-hydrogen) atoms. The normalized spacial score (nSPS) is 18.4. The number of amides is 1. The number of hydrogen-bond donors (Lipinski definition) is 0. The lowest BCUT2D eigenvalue weighted by molar-refractivity contribution is 0.0730. The third-order valence-corrected chi connectivity index (χ3v) is 4.21. The average Bonchev–Trinajstić information content (AvgIpc) is 2.92. The number of anilines is 1. The van der Waals surface area contributed by atoms with Crippen molar-refractivity contribution in [3.05, 3.63) is 29.8 Å². The number of benzene rings is 1. The fraction of sp³-hybridized carbons (Fsp3) is 0.562. The van der Waals surface area contributed by atoms with E-state index in [2.05, 4.69) is 0 Å². The Balaban J connectivity index is 2.06. The van der Waals surface area contributed by atoms with E-state index in [1.807, 2.05) is 48.2 Å². The molecule has 1 fully saturated rings. The molecule has 4 heteroatoms. The van der Waals surface area contributed by atoms with Crippen LogP contribution < -0.4 is 4.90 Å². The zero-order chi connectivity index (χ0) is 14.5. The first kappa shape index (κ1) is 15.2. The van der Waals surface area contributed by atoms with Gasteiger partial charge in [-0.05, 0) is 49.9 Å². The van der Waals surface area contributed by atoms with Crippen molar-refractivity contribution >= 4 is 23.2 Å². The molecule has 0 saturated carbocycles. The summed E-state index contributed by atoms with van der Waals surface area (Å²) in [5.41, 5.74) is 1.90. The standard InChI is InChI=1S/C16H23ClN2O/c1-18(2)14-9-7-13(8-10-14)16(20)19-12-4-6-15(19)5-3-11-17/h7-10,15H,3-6,11-12H2,1-2H3. The van der Waals surface area contributed by atoms with Crippen LogP contribution in [0.25, 0.3) is 0 Å². The summed E-state index contributed by atoms with van der Waals surface area (Å²) in [5, 5.41) is 0. The second-order valence-electron chi connectivity index (χ2n) is 5.57. The highest BCUT2D eigenvalue weighted by atomic mass is 35.5. The van der Waals surface area contributed by atoms with Gasteiger partial charge in [-0.15, -0.1) is 11.6 Å². The minimum Gasteiger partial charge on any atom is -0.378 e. The van der Waals surface area contributed by atoms with Crippen molar-refractivity contribution in [2.45, 2.75) is 31.7 Å². The molecule has 0 radical (unpaired) electrons. The number of carbonyl (C=O) groups excluding carboxylic acids is 1. The Morgan fingerprint density at radius 2 is 2.05 bits per heavy atom. The molecular weight excluding hydrogens is 272 g/mol. The van der Waals surface area contributed by atoms with Crippen LogP contribution in [0.4, 0.5) is 5.69 Å². The zero-order valence-corrected chi connectivity index (χ0v) is 13.1. The van der Waals surface area contributed by atoms with Gasteiger partial charge in [0.1, 0.15) is 0 Å². The predicted molar refractivity (Wildman–Crippen MR) is 84.8 cm³/mol. The van der Waals surface area contributed by atoms with E-state index in [-0.39, 0.29) is 5.91 Å². The summed E-state index contributed by atoms with van der Waals surface area (Å²) in [4.78, 5) is 16.6. The number of likely N-dealkylation sites (tertiary alicyclic amines) is 1. The lowest BCUT2D eigenvalue weighted by atomic mass is 10.1. The SMILES string of the molecule is CN(C)c1ccc(C(=O)N2CCCC2CCCCl)cc1. The van der Waals surface area contributed by atoms with Crippen molar-refractivity contribution in [1.82, 2.24) is 4.90 Å². The minimum absolute atomic E-state index is 0.160. The van der Waals surface area contributed by atoms with Crippen LogP contribution in [0.2, 0.25) is 0 Å². The third-order valence-electron chi connectivity index (χ3n) is 3.94. The van der Waals surface area contributed by atoms with Gasteiger partial charge in [0.05, 0.1) is 0 Å². The summed E-state index contributed by atoms with van der Waals surface area (Å²) in [6, 6.07) is 8.21. The molecule has 1 aliphatic rings.